The largest absolute Gasteiger partial charge is 0.376 e. The summed E-state index contributed by atoms with van der Waals surface area (Å²) in [7, 11) is -3.37. The van der Waals surface area contributed by atoms with E-state index >= 15 is 0 Å². The summed E-state index contributed by atoms with van der Waals surface area (Å²) in [4.78, 5) is 20.2. The number of sulfonamides is 1. The van der Waals surface area contributed by atoms with E-state index in [4.69, 9.17) is 4.74 Å². The van der Waals surface area contributed by atoms with Crippen LogP contribution < -0.4 is 5.32 Å². The molecule has 0 aromatic carbocycles. The summed E-state index contributed by atoms with van der Waals surface area (Å²) >= 11 is 0. The van der Waals surface area contributed by atoms with Crippen molar-refractivity contribution in [2.75, 3.05) is 24.7 Å². The van der Waals surface area contributed by atoms with E-state index in [-0.39, 0.29) is 24.6 Å². The Morgan fingerprint density at radius 1 is 1.45 bits per heavy atom. The molecule has 3 rings (SSSR count). The Bertz CT molecular complexity index is 651. The monoisotopic (exact) mass is 326 g/mol. The Morgan fingerprint density at radius 3 is 2.95 bits per heavy atom. The molecular weight excluding hydrogens is 308 g/mol. The number of anilines is 1. The number of hydrogen-bond acceptors (Lipinski definition) is 6. The van der Waals surface area contributed by atoms with Gasteiger partial charge in [0.1, 0.15) is 0 Å². The van der Waals surface area contributed by atoms with Crippen LogP contribution in [0.15, 0.2) is 18.6 Å². The predicted molar refractivity (Wildman–Crippen MR) is 78.5 cm³/mol. The van der Waals surface area contributed by atoms with Crippen molar-refractivity contribution < 1.29 is 17.9 Å². The van der Waals surface area contributed by atoms with Crippen LogP contribution >= 0.6 is 0 Å². The second kappa shape index (κ2) is 5.90. The Labute approximate surface area is 128 Å². The number of fused-ring (bicyclic) bond motifs is 1. The zero-order chi connectivity index (χ0) is 15.7. The third-order valence-corrected chi connectivity index (χ3v) is 5.34. The van der Waals surface area contributed by atoms with Crippen molar-refractivity contribution in [3.8, 4) is 0 Å². The van der Waals surface area contributed by atoms with Gasteiger partial charge in [-0.05, 0) is 12.8 Å². The van der Waals surface area contributed by atoms with Gasteiger partial charge in [-0.1, -0.05) is 0 Å². The van der Waals surface area contributed by atoms with E-state index in [0.29, 0.717) is 25.3 Å². The summed E-state index contributed by atoms with van der Waals surface area (Å²) in [5, 5.41) is 2.67. The molecule has 0 spiro atoms. The first kappa shape index (κ1) is 15.3. The zero-order valence-corrected chi connectivity index (χ0v) is 13.0. The quantitative estimate of drug-likeness (QED) is 0.829. The van der Waals surface area contributed by atoms with Crippen molar-refractivity contribution in [1.29, 1.82) is 0 Å². The van der Waals surface area contributed by atoms with Crippen LogP contribution in [0.1, 0.15) is 12.8 Å². The molecule has 2 aliphatic rings. The van der Waals surface area contributed by atoms with Crippen LogP contribution in [0.4, 0.5) is 5.82 Å². The number of hydrogen-bond donors (Lipinski definition) is 1. The fraction of sp³-hybridized carbons (Fsp3) is 0.615. The lowest BCUT2D eigenvalue weighted by Gasteiger charge is -2.38. The van der Waals surface area contributed by atoms with Crippen LogP contribution in [-0.2, 0) is 19.6 Å². The number of aromatic nitrogens is 2. The molecule has 2 fully saturated rings. The summed E-state index contributed by atoms with van der Waals surface area (Å²) in [6.45, 7) is 0.704. The third kappa shape index (κ3) is 3.11. The molecule has 1 aromatic rings. The molecule has 2 saturated heterocycles. The van der Waals surface area contributed by atoms with Gasteiger partial charge in [-0.3, -0.25) is 9.78 Å². The van der Waals surface area contributed by atoms with Crippen LogP contribution in [0.3, 0.4) is 0 Å². The van der Waals surface area contributed by atoms with E-state index in [9.17, 15) is 13.2 Å². The highest BCUT2D eigenvalue weighted by molar-refractivity contribution is 7.88. The van der Waals surface area contributed by atoms with E-state index in [2.05, 4.69) is 15.3 Å². The minimum Gasteiger partial charge on any atom is -0.376 e. The fourth-order valence-electron chi connectivity index (χ4n) is 3.06. The van der Waals surface area contributed by atoms with Crippen molar-refractivity contribution in [2.45, 2.75) is 25.0 Å². The highest BCUT2D eigenvalue weighted by Gasteiger charge is 2.45. The summed E-state index contributed by atoms with van der Waals surface area (Å²) in [6, 6.07) is -0.157. The molecule has 1 amide bonds. The highest BCUT2D eigenvalue weighted by atomic mass is 32.2. The molecule has 0 radical (unpaired) electrons. The van der Waals surface area contributed by atoms with Gasteiger partial charge < -0.3 is 10.1 Å². The van der Waals surface area contributed by atoms with Gasteiger partial charge in [0, 0.05) is 25.5 Å². The van der Waals surface area contributed by atoms with Crippen LogP contribution in [0.25, 0.3) is 0 Å². The number of rotatable bonds is 3. The lowest BCUT2D eigenvalue weighted by Crippen LogP contribution is -2.53. The summed E-state index contributed by atoms with van der Waals surface area (Å²) in [6.07, 6.45) is 6.59. The lowest BCUT2D eigenvalue weighted by atomic mass is 9.91. The zero-order valence-electron chi connectivity index (χ0n) is 12.2. The molecule has 0 bridgehead atoms. The maximum atomic E-state index is 12.4. The number of nitrogens with one attached hydrogen (secondary N) is 1. The van der Waals surface area contributed by atoms with Gasteiger partial charge in [-0.2, -0.15) is 4.31 Å². The molecular formula is C13H18N4O4S. The first-order valence-electron chi connectivity index (χ1n) is 7.10. The van der Waals surface area contributed by atoms with Gasteiger partial charge in [0.25, 0.3) is 0 Å². The van der Waals surface area contributed by atoms with Crippen molar-refractivity contribution in [3.05, 3.63) is 18.6 Å². The maximum absolute atomic E-state index is 12.4. The minimum atomic E-state index is -3.37. The van der Waals surface area contributed by atoms with Crippen molar-refractivity contribution in [1.82, 2.24) is 14.3 Å². The molecule has 2 aliphatic heterocycles. The topological polar surface area (TPSA) is 101 Å². The third-order valence-electron chi connectivity index (χ3n) is 4.07. The summed E-state index contributed by atoms with van der Waals surface area (Å²) in [5.41, 5.74) is 0. The average molecular weight is 326 g/mol. The first-order chi connectivity index (χ1) is 10.4. The number of amides is 1. The molecule has 1 N–H and O–H groups in total. The number of ether oxygens (including phenoxy) is 1. The lowest BCUT2D eigenvalue weighted by molar-refractivity contribution is -0.122. The first-order valence-corrected chi connectivity index (χ1v) is 8.95. The number of nitrogens with zero attached hydrogens (tertiary/aromatic N) is 3. The van der Waals surface area contributed by atoms with E-state index in [1.165, 1.54) is 29.2 Å². The normalized spacial score (nSPS) is 29.0. The van der Waals surface area contributed by atoms with E-state index in [1.54, 1.807) is 0 Å². The van der Waals surface area contributed by atoms with E-state index in [1.807, 2.05) is 0 Å². The van der Waals surface area contributed by atoms with Crippen molar-refractivity contribution >= 4 is 21.7 Å². The minimum absolute atomic E-state index is 0.157. The second-order valence-electron chi connectivity index (χ2n) is 5.61. The predicted octanol–water partition coefficient (Wildman–Crippen LogP) is -0.146. The summed E-state index contributed by atoms with van der Waals surface area (Å²) < 4.78 is 30.9. The number of carbonyl (C=O) groups excluding carboxylic acids is 1. The van der Waals surface area contributed by atoms with Gasteiger partial charge in [-0.15, -0.1) is 0 Å². The van der Waals surface area contributed by atoms with Crippen LogP contribution in [0.2, 0.25) is 0 Å². The molecule has 0 unspecified atom stereocenters. The highest BCUT2D eigenvalue weighted by Crippen LogP contribution is 2.33. The Balaban J connectivity index is 1.75. The van der Waals surface area contributed by atoms with E-state index in [0.717, 1.165) is 0 Å². The van der Waals surface area contributed by atoms with Gasteiger partial charge in [-0.25, -0.2) is 13.4 Å². The molecule has 3 atom stereocenters. The van der Waals surface area contributed by atoms with Gasteiger partial charge in [0.2, 0.25) is 15.9 Å². The number of carbonyl (C=O) groups is 1. The van der Waals surface area contributed by atoms with Gasteiger partial charge in [0.15, 0.2) is 5.82 Å². The molecule has 9 heteroatoms. The standard InChI is InChI=1S/C13H18N4O4S/c1-22(19,20)17-8-9(6-11-10(17)2-5-21-11)13(18)16-12-7-14-3-4-15-12/h3-4,7,9-11H,2,5-6,8H2,1H3,(H,15,16,18)/t9-,10+,11+/m0/s1. The molecule has 1 aromatic heterocycles. The van der Waals surface area contributed by atoms with Crippen LogP contribution in [0, 0.1) is 5.92 Å². The molecule has 0 aliphatic carbocycles. The maximum Gasteiger partial charge on any atom is 0.230 e. The van der Waals surface area contributed by atoms with Crippen molar-refractivity contribution in [2.24, 2.45) is 5.92 Å². The molecule has 3 heterocycles. The Kier molecular flexibility index (Phi) is 4.11. The SMILES string of the molecule is CS(=O)(=O)N1C[C@@H](C(=O)Nc2cnccn2)C[C@H]2OCC[C@H]21. The van der Waals surface area contributed by atoms with Gasteiger partial charge in [0.05, 0.1) is 30.5 Å². The van der Waals surface area contributed by atoms with Gasteiger partial charge >= 0.3 is 0 Å². The van der Waals surface area contributed by atoms with Crippen LogP contribution in [0.5, 0.6) is 0 Å². The Morgan fingerprint density at radius 2 is 2.27 bits per heavy atom. The fourth-order valence-corrected chi connectivity index (χ4v) is 4.25. The number of piperidine rings is 1. The molecule has 8 nitrogen and oxygen atoms in total. The van der Waals surface area contributed by atoms with Crippen molar-refractivity contribution in [3.63, 3.8) is 0 Å². The average Bonchev–Trinajstić information content (AvgIpc) is 2.94. The molecule has 120 valence electrons. The summed E-state index contributed by atoms with van der Waals surface area (Å²) in [5.74, 6) is -0.368. The van der Waals surface area contributed by atoms with Crippen LogP contribution in [-0.4, -0.2) is 60.2 Å². The Hall–Kier alpha value is -1.58. The molecule has 22 heavy (non-hydrogen) atoms. The smallest absolute Gasteiger partial charge is 0.230 e. The molecule has 0 saturated carbocycles. The second-order valence-corrected chi connectivity index (χ2v) is 7.55. The van der Waals surface area contributed by atoms with E-state index < -0.39 is 15.9 Å².